The van der Waals surface area contributed by atoms with E-state index in [-0.39, 0.29) is 10.8 Å². The van der Waals surface area contributed by atoms with Gasteiger partial charge in [0.15, 0.2) is 0 Å². The molecule has 0 aliphatic carbocycles. The molecule has 7 heteroatoms. The third kappa shape index (κ3) is 4.24. The number of amides is 1. The van der Waals surface area contributed by atoms with Gasteiger partial charge in [-0.1, -0.05) is 13.0 Å². The fourth-order valence-corrected chi connectivity index (χ4v) is 4.43. The van der Waals surface area contributed by atoms with Crippen LogP contribution in [0.5, 0.6) is 5.75 Å². The van der Waals surface area contributed by atoms with Crippen molar-refractivity contribution in [1.82, 2.24) is 0 Å². The Kier molecular flexibility index (Phi) is 5.70. The zero-order valence-corrected chi connectivity index (χ0v) is 16.4. The number of ether oxygens (including phenoxy) is 1. The lowest BCUT2D eigenvalue weighted by atomic mass is 10.1. The van der Waals surface area contributed by atoms with Crippen LogP contribution in [0.4, 0.5) is 11.4 Å². The van der Waals surface area contributed by atoms with Crippen molar-refractivity contribution in [2.75, 3.05) is 23.3 Å². The molecule has 144 valence electrons. The second-order valence-electron chi connectivity index (χ2n) is 6.49. The molecule has 0 aromatic heterocycles. The minimum absolute atomic E-state index is 0.107. The van der Waals surface area contributed by atoms with E-state index in [2.05, 4.69) is 4.72 Å². The first kappa shape index (κ1) is 19.2. The molecule has 2 aromatic rings. The van der Waals surface area contributed by atoms with Gasteiger partial charge in [0, 0.05) is 24.3 Å². The second kappa shape index (κ2) is 8.00. The largest absolute Gasteiger partial charge is 0.495 e. The number of anilines is 2. The van der Waals surface area contributed by atoms with Gasteiger partial charge in [0.1, 0.15) is 10.6 Å². The number of nitrogens with zero attached hydrogens (tertiary/aromatic N) is 1. The molecular formula is C20H24N2O4S. The number of aryl methyl sites for hydroxylation is 1. The van der Waals surface area contributed by atoms with Gasteiger partial charge in [0.25, 0.3) is 10.0 Å². The van der Waals surface area contributed by atoms with Gasteiger partial charge in [-0.3, -0.25) is 9.52 Å². The highest BCUT2D eigenvalue weighted by molar-refractivity contribution is 7.92. The average Bonchev–Trinajstić information content (AvgIpc) is 2.68. The van der Waals surface area contributed by atoms with E-state index in [1.54, 1.807) is 41.3 Å². The molecule has 0 atom stereocenters. The smallest absolute Gasteiger partial charge is 0.265 e. The van der Waals surface area contributed by atoms with E-state index in [0.29, 0.717) is 24.4 Å². The van der Waals surface area contributed by atoms with Crippen molar-refractivity contribution in [3.8, 4) is 5.75 Å². The fraction of sp³-hybridized carbons (Fsp3) is 0.350. The summed E-state index contributed by atoms with van der Waals surface area (Å²) in [5, 5.41) is 0. The summed E-state index contributed by atoms with van der Waals surface area (Å²) in [6.07, 6.45) is 3.19. The number of benzene rings is 2. The second-order valence-corrected chi connectivity index (χ2v) is 8.14. The number of hydrogen-bond donors (Lipinski definition) is 1. The lowest BCUT2D eigenvalue weighted by Gasteiger charge is -2.26. The average molecular weight is 388 g/mol. The summed E-state index contributed by atoms with van der Waals surface area (Å²) in [6.45, 7) is 2.66. The summed E-state index contributed by atoms with van der Waals surface area (Å²) in [4.78, 5) is 13.9. The predicted molar refractivity (Wildman–Crippen MR) is 106 cm³/mol. The van der Waals surface area contributed by atoms with Gasteiger partial charge in [-0.25, -0.2) is 8.42 Å². The molecule has 1 N–H and O–H groups in total. The Morgan fingerprint density at radius 3 is 2.48 bits per heavy atom. The number of carbonyl (C=O) groups is 1. The molecule has 0 unspecified atom stereocenters. The van der Waals surface area contributed by atoms with Gasteiger partial charge in [0.05, 0.1) is 7.11 Å². The van der Waals surface area contributed by atoms with Gasteiger partial charge < -0.3 is 9.64 Å². The van der Waals surface area contributed by atoms with E-state index in [9.17, 15) is 13.2 Å². The number of rotatable bonds is 6. The highest BCUT2D eigenvalue weighted by atomic mass is 32.2. The van der Waals surface area contributed by atoms with Crippen LogP contribution < -0.4 is 14.4 Å². The van der Waals surface area contributed by atoms with Gasteiger partial charge in [0.2, 0.25) is 5.91 Å². The quantitative estimate of drug-likeness (QED) is 0.821. The van der Waals surface area contributed by atoms with Crippen molar-refractivity contribution >= 4 is 27.3 Å². The van der Waals surface area contributed by atoms with Crippen LogP contribution in [0.15, 0.2) is 47.4 Å². The van der Waals surface area contributed by atoms with Crippen LogP contribution in [-0.4, -0.2) is 28.0 Å². The number of carbonyl (C=O) groups excluding carboxylic acids is 1. The summed E-state index contributed by atoms with van der Waals surface area (Å²) in [6, 6.07) is 12.0. The highest BCUT2D eigenvalue weighted by Crippen LogP contribution is 2.28. The molecule has 0 spiro atoms. The van der Waals surface area contributed by atoms with Crippen LogP contribution in [0.2, 0.25) is 0 Å². The maximum Gasteiger partial charge on any atom is 0.265 e. The van der Waals surface area contributed by atoms with Gasteiger partial charge in [-0.05, 0) is 61.2 Å². The summed E-state index contributed by atoms with van der Waals surface area (Å²) < 4.78 is 33.5. The van der Waals surface area contributed by atoms with Crippen molar-refractivity contribution in [1.29, 1.82) is 0 Å². The van der Waals surface area contributed by atoms with Crippen molar-refractivity contribution < 1.29 is 17.9 Å². The van der Waals surface area contributed by atoms with E-state index >= 15 is 0 Å². The van der Waals surface area contributed by atoms with Gasteiger partial charge in [-0.15, -0.1) is 0 Å². The molecule has 0 radical (unpaired) electrons. The minimum Gasteiger partial charge on any atom is -0.495 e. The van der Waals surface area contributed by atoms with E-state index in [1.165, 1.54) is 7.11 Å². The monoisotopic (exact) mass is 388 g/mol. The van der Waals surface area contributed by atoms with Crippen LogP contribution in [0.3, 0.4) is 0 Å². The van der Waals surface area contributed by atoms with Crippen LogP contribution in [0.25, 0.3) is 0 Å². The molecule has 1 fully saturated rings. The van der Waals surface area contributed by atoms with Gasteiger partial charge in [-0.2, -0.15) is 0 Å². The van der Waals surface area contributed by atoms with Crippen molar-refractivity contribution in [2.24, 2.45) is 0 Å². The van der Waals surface area contributed by atoms with Crippen LogP contribution in [-0.2, 0) is 21.2 Å². The van der Waals surface area contributed by atoms with Crippen molar-refractivity contribution in [2.45, 2.75) is 37.5 Å². The maximum absolute atomic E-state index is 12.8. The lowest BCUT2D eigenvalue weighted by molar-refractivity contribution is -0.119. The number of methoxy groups -OCH3 is 1. The standard InChI is InChI=1S/C20H24N2O4S/c1-3-15-7-12-18(26-2)19(14-15)27(24,25)21-16-8-10-17(11-9-16)22-13-5-4-6-20(22)23/h7-12,14,21H,3-6,13H2,1-2H3. The molecule has 1 saturated heterocycles. The molecule has 3 rings (SSSR count). The first-order valence-corrected chi connectivity index (χ1v) is 10.5. The van der Waals surface area contributed by atoms with Crippen molar-refractivity contribution in [3.05, 3.63) is 48.0 Å². The molecule has 6 nitrogen and oxygen atoms in total. The van der Waals surface area contributed by atoms with Crippen LogP contribution in [0, 0.1) is 0 Å². The molecule has 1 heterocycles. The molecule has 27 heavy (non-hydrogen) atoms. The Balaban J connectivity index is 1.83. The first-order valence-electron chi connectivity index (χ1n) is 9.05. The number of piperidine rings is 1. The zero-order chi connectivity index (χ0) is 19.4. The number of nitrogens with one attached hydrogen (secondary N) is 1. The van der Waals surface area contributed by atoms with Crippen molar-refractivity contribution in [3.63, 3.8) is 0 Å². The maximum atomic E-state index is 12.8. The minimum atomic E-state index is -3.79. The SMILES string of the molecule is CCc1ccc(OC)c(S(=O)(=O)Nc2ccc(N3CCCCC3=O)cc2)c1. The molecular weight excluding hydrogens is 364 g/mol. The van der Waals surface area contributed by atoms with E-state index in [4.69, 9.17) is 4.74 Å². The Labute approximate surface area is 160 Å². The lowest BCUT2D eigenvalue weighted by Crippen LogP contribution is -2.35. The summed E-state index contributed by atoms with van der Waals surface area (Å²) in [5.74, 6) is 0.408. The summed E-state index contributed by atoms with van der Waals surface area (Å²) in [7, 11) is -2.34. The van der Waals surface area contributed by atoms with E-state index in [1.807, 2.05) is 13.0 Å². The molecule has 0 saturated carbocycles. The molecule has 1 aliphatic heterocycles. The molecule has 2 aromatic carbocycles. The Hall–Kier alpha value is -2.54. The Bertz CT molecular complexity index is 923. The zero-order valence-electron chi connectivity index (χ0n) is 15.6. The van der Waals surface area contributed by atoms with E-state index in [0.717, 1.165) is 30.5 Å². The molecule has 1 amide bonds. The van der Waals surface area contributed by atoms with Gasteiger partial charge >= 0.3 is 0 Å². The Morgan fingerprint density at radius 2 is 1.85 bits per heavy atom. The predicted octanol–water partition coefficient (Wildman–Crippen LogP) is 3.58. The fourth-order valence-electron chi connectivity index (χ4n) is 3.15. The molecule has 1 aliphatic rings. The summed E-state index contributed by atoms with van der Waals surface area (Å²) >= 11 is 0. The third-order valence-electron chi connectivity index (χ3n) is 4.68. The third-order valence-corrected chi connectivity index (χ3v) is 6.08. The highest BCUT2D eigenvalue weighted by Gasteiger charge is 2.22. The van der Waals surface area contributed by atoms with E-state index < -0.39 is 10.0 Å². The van der Waals surface area contributed by atoms with Crippen LogP contribution in [0.1, 0.15) is 31.7 Å². The Morgan fingerprint density at radius 1 is 1.11 bits per heavy atom. The van der Waals surface area contributed by atoms with Crippen LogP contribution >= 0.6 is 0 Å². The molecule has 0 bridgehead atoms. The summed E-state index contributed by atoms with van der Waals surface area (Å²) in [5.41, 5.74) is 2.13. The first-order chi connectivity index (χ1) is 12.9. The number of sulfonamides is 1. The topological polar surface area (TPSA) is 75.7 Å². The normalized spacial score (nSPS) is 14.9. The number of hydrogen-bond acceptors (Lipinski definition) is 4.